The van der Waals surface area contributed by atoms with Crippen molar-refractivity contribution >= 4 is 9.84 Å². The average Bonchev–Trinajstić information content (AvgIpc) is 3.05. The van der Waals surface area contributed by atoms with Crippen LogP contribution in [0.25, 0.3) is 0 Å². The van der Waals surface area contributed by atoms with Crippen LogP contribution in [-0.2, 0) is 9.84 Å². The van der Waals surface area contributed by atoms with Gasteiger partial charge in [0.25, 0.3) is 0 Å². The summed E-state index contributed by atoms with van der Waals surface area (Å²) in [5, 5.41) is 8.82. The second-order valence-electron chi connectivity index (χ2n) is 5.50. The van der Waals surface area contributed by atoms with E-state index in [-0.39, 0.29) is 0 Å². The number of likely N-dealkylation sites (N-methyl/N-ethyl adjacent to an activating group) is 1. The molecule has 0 aromatic carbocycles. The maximum Gasteiger partial charge on any atom is 0.151 e. The SMILES string of the molecule is CCN1CCN(CC2(C#N)CC2S(C)(=O)=O)CC1. The second-order valence-corrected chi connectivity index (χ2v) is 7.73. The van der Waals surface area contributed by atoms with E-state index in [0.29, 0.717) is 13.0 Å². The van der Waals surface area contributed by atoms with Crippen molar-refractivity contribution < 1.29 is 8.42 Å². The Hall–Kier alpha value is -0.640. The standard InChI is InChI=1S/C12H21N3O2S/c1-3-14-4-6-15(7-5-14)10-12(9-13)8-11(12)18(2,16)17/h11H,3-8,10H2,1-2H3. The lowest BCUT2D eigenvalue weighted by molar-refractivity contribution is 0.126. The zero-order valence-electron chi connectivity index (χ0n) is 11.1. The fraction of sp³-hybridized carbons (Fsp3) is 0.917. The number of nitrogens with zero attached hydrogens (tertiary/aromatic N) is 3. The zero-order valence-corrected chi connectivity index (χ0v) is 11.9. The molecular formula is C12H21N3O2S. The summed E-state index contributed by atoms with van der Waals surface area (Å²) in [4.78, 5) is 4.61. The largest absolute Gasteiger partial charge is 0.301 e. The number of hydrogen-bond acceptors (Lipinski definition) is 5. The fourth-order valence-corrected chi connectivity index (χ4v) is 4.36. The van der Waals surface area contributed by atoms with Crippen molar-refractivity contribution in [2.45, 2.75) is 18.6 Å². The Bertz CT molecular complexity index is 448. The van der Waals surface area contributed by atoms with Gasteiger partial charge in [-0.05, 0) is 13.0 Å². The lowest BCUT2D eigenvalue weighted by Gasteiger charge is -2.35. The molecule has 2 aliphatic rings. The highest BCUT2D eigenvalue weighted by Gasteiger charge is 2.61. The van der Waals surface area contributed by atoms with Crippen molar-refractivity contribution in [3.63, 3.8) is 0 Å². The summed E-state index contributed by atoms with van der Waals surface area (Å²) in [5.41, 5.74) is -0.637. The van der Waals surface area contributed by atoms with E-state index in [2.05, 4.69) is 22.8 Å². The van der Waals surface area contributed by atoms with Crippen molar-refractivity contribution in [3.05, 3.63) is 0 Å². The summed E-state index contributed by atoms with van der Waals surface area (Å²) in [6.45, 7) is 7.72. The van der Waals surface area contributed by atoms with Crippen LogP contribution in [0.3, 0.4) is 0 Å². The average molecular weight is 271 g/mol. The summed E-state index contributed by atoms with van der Waals surface area (Å²) in [6, 6.07) is 2.25. The molecule has 1 saturated heterocycles. The van der Waals surface area contributed by atoms with Gasteiger partial charge in [0.1, 0.15) is 0 Å². The van der Waals surface area contributed by atoms with Crippen LogP contribution < -0.4 is 0 Å². The zero-order chi connectivity index (χ0) is 13.4. The molecule has 2 unspecified atom stereocenters. The van der Waals surface area contributed by atoms with Gasteiger partial charge in [-0.25, -0.2) is 8.42 Å². The number of rotatable bonds is 4. The number of piperazine rings is 1. The molecule has 0 aromatic heterocycles. The number of sulfone groups is 1. The summed E-state index contributed by atoms with van der Waals surface area (Å²) < 4.78 is 23.1. The summed E-state index contributed by atoms with van der Waals surface area (Å²) in [7, 11) is -3.08. The van der Waals surface area contributed by atoms with E-state index in [1.165, 1.54) is 6.26 Å². The summed E-state index contributed by atoms with van der Waals surface area (Å²) >= 11 is 0. The molecule has 2 atom stereocenters. The first kappa shape index (κ1) is 13.8. The van der Waals surface area contributed by atoms with Crippen molar-refractivity contribution in [1.29, 1.82) is 5.26 Å². The Morgan fingerprint density at radius 2 is 1.83 bits per heavy atom. The number of hydrogen-bond donors (Lipinski definition) is 0. The van der Waals surface area contributed by atoms with Gasteiger partial charge in [-0.15, -0.1) is 0 Å². The third-order valence-electron chi connectivity index (χ3n) is 4.16. The Balaban J connectivity index is 1.93. The Morgan fingerprint density at radius 3 is 2.22 bits per heavy atom. The van der Waals surface area contributed by atoms with Gasteiger partial charge in [0, 0.05) is 39.0 Å². The van der Waals surface area contributed by atoms with Crippen LogP contribution >= 0.6 is 0 Å². The minimum atomic E-state index is -3.08. The van der Waals surface area contributed by atoms with Gasteiger partial charge in [0.15, 0.2) is 9.84 Å². The first-order valence-electron chi connectivity index (χ1n) is 6.46. The van der Waals surface area contributed by atoms with Gasteiger partial charge in [0.2, 0.25) is 0 Å². The van der Waals surface area contributed by atoms with Crippen molar-refractivity contribution in [2.24, 2.45) is 5.41 Å². The molecule has 0 bridgehead atoms. The van der Waals surface area contributed by atoms with E-state index in [4.69, 9.17) is 0 Å². The summed E-state index contributed by atoms with van der Waals surface area (Å²) in [5.74, 6) is 0. The molecule has 1 heterocycles. The third-order valence-corrected chi connectivity index (χ3v) is 5.81. The Labute approximate surface area is 109 Å². The van der Waals surface area contributed by atoms with E-state index >= 15 is 0 Å². The van der Waals surface area contributed by atoms with Gasteiger partial charge < -0.3 is 4.90 Å². The first-order valence-corrected chi connectivity index (χ1v) is 8.41. The molecule has 2 rings (SSSR count). The molecule has 1 aliphatic carbocycles. The molecule has 0 aromatic rings. The molecule has 102 valence electrons. The van der Waals surface area contributed by atoms with Crippen LogP contribution in [-0.4, -0.2) is 69.0 Å². The van der Waals surface area contributed by atoms with Crippen LogP contribution in [0, 0.1) is 16.7 Å². The second kappa shape index (κ2) is 4.80. The predicted octanol–water partition coefficient (Wildman–Crippen LogP) is -0.0492. The van der Waals surface area contributed by atoms with Crippen LogP contribution in [0.4, 0.5) is 0 Å². The predicted molar refractivity (Wildman–Crippen MR) is 69.8 cm³/mol. The molecule has 6 heteroatoms. The maximum atomic E-state index is 11.5. The van der Waals surface area contributed by atoms with Crippen LogP contribution in [0.1, 0.15) is 13.3 Å². The van der Waals surface area contributed by atoms with Crippen LogP contribution in [0.15, 0.2) is 0 Å². The minimum Gasteiger partial charge on any atom is -0.301 e. The van der Waals surface area contributed by atoms with Crippen molar-refractivity contribution in [3.8, 4) is 6.07 Å². The highest BCUT2D eigenvalue weighted by atomic mass is 32.2. The normalized spacial score (nSPS) is 34.2. The minimum absolute atomic E-state index is 0.445. The smallest absolute Gasteiger partial charge is 0.151 e. The quantitative estimate of drug-likeness (QED) is 0.717. The maximum absolute atomic E-state index is 11.5. The lowest BCUT2D eigenvalue weighted by atomic mass is 10.1. The van der Waals surface area contributed by atoms with Gasteiger partial charge in [0.05, 0.1) is 16.7 Å². The van der Waals surface area contributed by atoms with Gasteiger partial charge in [-0.2, -0.15) is 5.26 Å². The molecule has 0 amide bonds. The molecule has 0 radical (unpaired) electrons. The monoisotopic (exact) mass is 271 g/mol. The topological polar surface area (TPSA) is 64.4 Å². The molecule has 1 aliphatic heterocycles. The van der Waals surface area contributed by atoms with E-state index in [1.807, 2.05) is 0 Å². The van der Waals surface area contributed by atoms with E-state index in [0.717, 1.165) is 32.7 Å². The van der Waals surface area contributed by atoms with Crippen molar-refractivity contribution in [2.75, 3.05) is 45.5 Å². The lowest BCUT2D eigenvalue weighted by Crippen LogP contribution is -2.48. The highest BCUT2D eigenvalue weighted by Crippen LogP contribution is 2.50. The van der Waals surface area contributed by atoms with E-state index < -0.39 is 20.5 Å². The molecule has 18 heavy (non-hydrogen) atoms. The van der Waals surface area contributed by atoms with E-state index in [9.17, 15) is 13.7 Å². The summed E-state index contributed by atoms with van der Waals surface area (Å²) in [6.07, 6.45) is 1.75. The molecule has 5 nitrogen and oxygen atoms in total. The Morgan fingerprint density at radius 1 is 1.28 bits per heavy atom. The van der Waals surface area contributed by atoms with Crippen LogP contribution in [0.5, 0.6) is 0 Å². The molecule has 0 N–H and O–H groups in total. The van der Waals surface area contributed by atoms with Gasteiger partial charge in [-0.3, -0.25) is 4.90 Å². The number of nitriles is 1. The third kappa shape index (κ3) is 2.68. The van der Waals surface area contributed by atoms with Gasteiger partial charge >= 0.3 is 0 Å². The van der Waals surface area contributed by atoms with Crippen molar-refractivity contribution in [1.82, 2.24) is 9.80 Å². The van der Waals surface area contributed by atoms with E-state index in [1.54, 1.807) is 0 Å². The Kier molecular flexibility index (Phi) is 3.67. The highest BCUT2D eigenvalue weighted by molar-refractivity contribution is 7.91. The molecule has 0 spiro atoms. The van der Waals surface area contributed by atoms with Crippen LogP contribution in [0.2, 0.25) is 0 Å². The molecule has 2 fully saturated rings. The fourth-order valence-electron chi connectivity index (χ4n) is 2.82. The molecule has 1 saturated carbocycles. The first-order chi connectivity index (χ1) is 8.41. The molecular weight excluding hydrogens is 250 g/mol. The van der Waals surface area contributed by atoms with Gasteiger partial charge in [-0.1, -0.05) is 6.92 Å².